The molecule has 108 valence electrons. The van der Waals surface area contributed by atoms with Crippen LogP contribution >= 0.6 is 0 Å². The SMILES string of the molecule is CCOC1(C(NN)c2nccn2CC)CCCCC1. The van der Waals surface area contributed by atoms with Crippen molar-refractivity contribution in [1.29, 1.82) is 0 Å². The lowest BCUT2D eigenvalue weighted by molar-refractivity contribution is -0.0937. The number of hydrogen-bond donors (Lipinski definition) is 2. The largest absolute Gasteiger partial charge is 0.373 e. The highest BCUT2D eigenvalue weighted by atomic mass is 16.5. The van der Waals surface area contributed by atoms with Crippen LogP contribution in [0.3, 0.4) is 0 Å². The number of aromatic nitrogens is 2. The smallest absolute Gasteiger partial charge is 0.130 e. The fourth-order valence-electron chi connectivity index (χ4n) is 3.26. The summed E-state index contributed by atoms with van der Waals surface area (Å²) in [5, 5.41) is 0. The summed E-state index contributed by atoms with van der Waals surface area (Å²) in [4.78, 5) is 4.50. The molecule has 1 aliphatic carbocycles. The zero-order chi connectivity index (χ0) is 13.7. The van der Waals surface area contributed by atoms with E-state index in [0.29, 0.717) is 6.61 Å². The number of nitrogens with two attached hydrogens (primary N) is 1. The van der Waals surface area contributed by atoms with Gasteiger partial charge in [-0.1, -0.05) is 19.3 Å². The first-order chi connectivity index (χ1) is 9.27. The van der Waals surface area contributed by atoms with Crippen LogP contribution in [0, 0.1) is 0 Å². The molecule has 1 unspecified atom stereocenters. The molecular weight excluding hydrogens is 240 g/mol. The molecule has 0 radical (unpaired) electrons. The highest BCUT2D eigenvalue weighted by molar-refractivity contribution is 5.08. The Bertz CT molecular complexity index is 379. The maximum absolute atomic E-state index is 6.15. The van der Waals surface area contributed by atoms with E-state index in [4.69, 9.17) is 10.6 Å². The van der Waals surface area contributed by atoms with Crippen LogP contribution in [-0.4, -0.2) is 21.8 Å². The van der Waals surface area contributed by atoms with E-state index in [-0.39, 0.29) is 11.6 Å². The second-order valence-corrected chi connectivity index (χ2v) is 5.23. The third-order valence-electron chi connectivity index (χ3n) is 4.17. The highest BCUT2D eigenvalue weighted by Crippen LogP contribution is 2.40. The van der Waals surface area contributed by atoms with Crippen molar-refractivity contribution >= 4 is 0 Å². The fraction of sp³-hybridized carbons (Fsp3) is 0.786. The molecular formula is C14H26N4O. The summed E-state index contributed by atoms with van der Waals surface area (Å²) in [5.74, 6) is 6.84. The van der Waals surface area contributed by atoms with Crippen molar-refractivity contribution in [3.8, 4) is 0 Å². The van der Waals surface area contributed by atoms with Gasteiger partial charge in [-0.25, -0.2) is 10.4 Å². The molecule has 5 heteroatoms. The van der Waals surface area contributed by atoms with E-state index in [2.05, 4.69) is 28.8 Å². The maximum Gasteiger partial charge on any atom is 0.130 e. The number of ether oxygens (including phenoxy) is 1. The normalized spacial score (nSPS) is 20.4. The van der Waals surface area contributed by atoms with Crippen LogP contribution in [0.5, 0.6) is 0 Å². The Morgan fingerprint density at radius 3 is 2.74 bits per heavy atom. The number of hydrazine groups is 1. The molecule has 1 saturated carbocycles. The minimum Gasteiger partial charge on any atom is -0.373 e. The predicted molar refractivity (Wildman–Crippen MR) is 75.4 cm³/mol. The lowest BCUT2D eigenvalue weighted by atomic mass is 9.79. The molecule has 0 spiro atoms. The van der Waals surface area contributed by atoms with Crippen molar-refractivity contribution in [2.45, 2.75) is 64.1 Å². The van der Waals surface area contributed by atoms with E-state index in [1.54, 1.807) is 0 Å². The van der Waals surface area contributed by atoms with E-state index in [0.717, 1.165) is 25.2 Å². The van der Waals surface area contributed by atoms with Gasteiger partial charge in [0.25, 0.3) is 0 Å². The van der Waals surface area contributed by atoms with E-state index < -0.39 is 0 Å². The van der Waals surface area contributed by atoms with E-state index in [1.807, 2.05) is 12.4 Å². The van der Waals surface area contributed by atoms with Gasteiger partial charge in [0.05, 0.1) is 5.60 Å². The molecule has 19 heavy (non-hydrogen) atoms. The molecule has 1 aliphatic rings. The molecule has 1 aromatic rings. The van der Waals surface area contributed by atoms with Gasteiger partial charge >= 0.3 is 0 Å². The summed E-state index contributed by atoms with van der Waals surface area (Å²) in [6.07, 6.45) is 9.62. The minimum absolute atomic E-state index is 0.0392. The molecule has 0 aliphatic heterocycles. The summed E-state index contributed by atoms with van der Waals surface area (Å²) in [5.41, 5.74) is 2.76. The Labute approximate surface area is 115 Å². The summed E-state index contributed by atoms with van der Waals surface area (Å²) in [6.45, 7) is 5.78. The van der Waals surface area contributed by atoms with Gasteiger partial charge in [-0.3, -0.25) is 5.84 Å². The second kappa shape index (κ2) is 6.50. The summed E-state index contributed by atoms with van der Waals surface area (Å²) in [7, 11) is 0. The Kier molecular flexibility index (Phi) is 4.96. The quantitative estimate of drug-likeness (QED) is 0.611. The molecule has 5 nitrogen and oxygen atoms in total. The van der Waals surface area contributed by atoms with Gasteiger partial charge < -0.3 is 9.30 Å². The first-order valence-corrected chi connectivity index (χ1v) is 7.38. The van der Waals surface area contributed by atoms with Crippen LogP contribution in [0.1, 0.15) is 57.8 Å². The Morgan fingerprint density at radius 1 is 1.42 bits per heavy atom. The number of imidazole rings is 1. The van der Waals surface area contributed by atoms with Crippen LogP contribution < -0.4 is 11.3 Å². The van der Waals surface area contributed by atoms with Crippen LogP contribution in [0.4, 0.5) is 0 Å². The highest BCUT2D eigenvalue weighted by Gasteiger charge is 2.43. The molecule has 1 aromatic heterocycles. The van der Waals surface area contributed by atoms with E-state index in [1.165, 1.54) is 19.3 Å². The lowest BCUT2D eigenvalue weighted by Crippen LogP contribution is -2.50. The fourth-order valence-corrected chi connectivity index (χ4v) is 3.26. The number of nitrogens with one attached hydrogen (secondary N) is 1. The Hall–Kier alpha value is -0.910. The first-order valence-electron chi connectivity index (χ1n) is 7.38. The van der Waals surface area contributed by atoms with Crippen molar-refractivity contribution in [1.82, 2.24) is 15.0 Å². The summed E-state index contributed by atoms with van der Waals surface area (Å²) in [6, 6.07) is -0.0392. The van der Waals surface area contributed by atoms with Crippen LogP contribution in [-0.2, 0) is 11.3 Å². The Morgan fingerprint density at radius 2 is 2.16 bits per heavy atom. The van der Waals surface area contributed by atoms with E-state index in [9.17, 15) is 0 Å². The third-order valence-corrected chi connectivity index (χ3v) is 4.17. The number of nitrogens with zero attached hydrogens (tertiary/aromatic N) is 2. The summed E-state index contributed by atoms with van der Waals surface area (Å²) < 4.78 is 8.29. The van der Waals surface area contributed by atoms with Crippen molar-refractivity contribution < 1.29 is 4.74 Å². The van der Waals surface area contributed by atoms with Crippen LogP contribution in [0.2, 0.25) is 0 Å². The lowest BCUT2D eigenvalue weighted by Gasteiger charge is -2.42. The average molecular weight is 266 g/mol. The monoisotopic (exact) mass is 266 g/mol. The van der Waals surface area contributed by atoms with Gasteiger partial charge in [-0.2, -0.15) is 0 Å². The van der Waals surface area contributed by atoms with Crippen LogP contribution in [0.15, 0.2) is 12.4 Å². The van der Waals surface area contributed by atoms with Gasteiger partial charge in [-0.05, 0) is 26.7 Å². The number of rotatable bonds is 6. The van der Waals surface area contributed by atoms with Crippen LogP contribution in [0.25, 0.3) is 0 Å². The summed E-state index contributed by atoms with van der Waals surface area (Å²) >= 11 is 0. The number of aryl methyl sites for hydroxylation is 1. The Balaban J connectivity index is 2.31. The molecule has 1 fully saturated rings. The van der Waals surface area contributed by atoms with Gasteiger partial charge in [0.1, 0.15) is 11.9 Å². The molecule has 0 amide bonds. The van der Waals surface area contributed by atoms with Gasteiger partial charge in [0.2, 0.25) is 0 Å². The second-order valence-electron chi connectivity index (χ2n) is 5.23. The average Bonchev–Trinajstić information content (AvgIpc) is 2.89. The minimum atomic E-state index is -0.208. The molecule has 3 N–H and O–H groups in total. The molecule has 0 bridgehead atoms. The van der Waals surface area contributed by atoms with Crippen molar-refractivity contribution in [2.24, 2.45) is 5.84 Å². The molecule has 0 aromatic carbocycles. The van der Waals surface area contributed by atoms with E-state index >= 15 is 0 Å². The molecule has 2 rings (SSSR count). The molecule has 1 heterocycles. The number of hydrogen-bond acceptors (Lipinski definition) is 4. The molecule has 0 saturated heterocycles. The topological polar surface area (TPSA) is 65.1 Å². The molecule has 1 atom stereocenters. The van der Waals surface area contributed by atoms with Gasteiger partial charge in [-0.15, -0.1) is 0 Å². The van der Waals surface area contributed by atoms with Crippen molar-refractivity contribution in [3.05, 3.63) is 18.2 Å². The third kappa shape index (κ3) is 2.83. The first kappa shape index (κ1) is 14.5. The van der Waals surface area contributed by atoms with Gasteiger partial charge in [0, 0.05) is 25.5 Å². The van der Waals surface area contributed by atoms with Gasteiger partial charge in [0.15, 0.2) is 0 Å². The van der Waals surface area contributed by atoms with Crippen molar-refractivity contribution in [3.63, 3.8) is 0 Å². The zero-order valence-electron chi connectivity index (χ0n) is 12.1. The standard InChI is InChI=1S/C14H26N4O/c1-3-18-11-10-16-13(18)12(17-15)14(19-4-2)8-6-5-7-9-14/h10-12,17H,3-9,15H2,1-2H3. The predicted octanol–water partition coefficient (Wildman–Crippen LogP) is 2.15. The van der Waals surface area contributed by atoms with Crippen molar-refractivity contribution in [2.75, 3.05) is 6.61 Å². The maximum atomic E-state index is 6.15. The zero-order valence-corrected chi connectivity index (χ0v) is 12.1.